The van der Waals surface area contributed by atoms with Gasteiger partial charge in [-0.15, -0.1) is 0 Å². The van der Waals surface area contributed by atoms with E-state index in [4.69, 9.17) is 12.2 Å². The van der Waals surface area contributed by atoms with Crippen molar-refractivity contribution >= 4 is 28.8 Å². The normalized spacial score (nSPS) is 22.4. The van der Waals surface area contributed by atoms with Crippen LogP contribution in [0.25, 0.3) is 5.70 Å². The maximum atomic E-state index is 12.2. The summed E-state index contributed by atoms with van der Waals surface area (Å²) in [6.07, 6.45) is 0. The summed E-state index contributed by atoms with van der Waals surface area (Å²) in [4.78, 5) is 12.2. The Hall–Kier alpha value is -1.68. The molecule has 0 radical (unpaired) electrons. The molecule has 1 aliphatic heterocycles. The molecule has 1 aromatic carbocycles. The van der Waals surface area contributed by atoms with Gasteiger partial charge in [0.1, 0.15) is 0 Å². The minimum atomic E-state index is -0.0244. The largest absolute Gasteiger partial charge is 0.356 e. The van der Waals surface area contributed by atoms with Gasteiger partial charge in [-0.3, -0.25) is 4.79 Å². The first-order valence-corrected chi connectivity index (χ1v) is 5.55. The molecule has 1 heterocycles. The SMILES string of the molecule is C[C@@H]1NC(=S)NC2=C1C(=O)c1ccccc12. The van der Waals surface area contributed by atoms with Crippen LogP contribution in [0.2, 0.25) is 0 Å². The van der Waals surface area contributed by atoms with Crippen molar-refractivity contribution in [1.29, 1.82) is 0 Å². The Morgan fingerprint density at radius 2 is 1.94 bits per heavy atom. The molecule has 0 aromatic heterocycles. The molecule has 0 unspecified atom stereocenters. The summed E-state index contributed by atoms with van der Waals surface area (Å²) < 4.78 is 0. The van der Waals surface area contributed by atoms with Crippen LogP contribution in [-0.4, -0.2) is 16.9 Å². The first-order chi connectivity index (χ1) is 7.68. The lowest BCUT2D eigenvalue weighted by molar-refractivity contribution is 0.103. The van der Waals surface area contributed by atoms with E-state index < -0.39 is 0 Å². The summed E-state index contributed by atoms with van der Waals surface area (Å²) in [7, 11) is 0. The third-order valence-electron chi connectivity index (χ3n) is 2.97. The molecule has 0 spiro atoms. The molecule has 4 heteroatoms. The second kappa shape index (κ2) is 3.15. The van der Waals surface area contributed by atoms with E-state index >= 15 is 0 Å². The molecule has 0 saturated carbocycles. The van der Waals surface area contributed by atoms with E-state index in [2.05, 4.69) is 10.6 Å². The first-order valence-electron chi connectivity index (χ1n) is 5.14. The average Bonchev–Trinajstić information content (AvgIpc) is 2.54. The van der Waals surface area contributed by atoms with Crippen molar-refractivity contribution in [2.45, 2.75) is 13.0 Å². The summed E-state index contributed by atoms with van der Waals surface area (Å²) in [6.45, 7) is 1.95. The van der Waals surface area contributed by atoms with Gasteiger partial charge in [-0.2, -0.15) is 0 Å². The Morgan fingerprint density at radius 3 is 2.69 bits per heavy atom. The maximum Gasteiger partial charge on any atom is 0.193 e. The molecule has 1 aliphatic carbocycles. The minimum absolute atomic E-state index is 0.0244. The van der Waals surface area contributed by atoms with Crippen molar-refractivity contribution in [2.75, 3.05) is 0 Å². The van der Waals surface area contributed by atoms with Gasteiger partial charge in [0.05, 0.1) is 11.7 Å². The smallest absolute Gasteiger partial charge is 0.193 e. The van der Waals surface area contributed by atoms with E-state index in [1.807, 2.05) is 31.2 Å². The Labute approximate surface area is 98.5 Å². The van der Waals surface area contributed by atoms with E-state index in [-0.39, 0.29) is 11.8 Å². The van der Waals surface area contributed by atoms with E-state index in [9.17, 15) is 4.79 Å². The summed E-state index contributed by atoms with van der Waals surface area (Å²) in [5, 5.41) is 6.71. The summed E-state index contributed by atoms with van der Waals surface area (Å²) in [5.74, 6) is 0.0978. The molecule has 2 N–H and O–H groups in total. The molecule has 0 fully saturated rings. The molecule has 0 bridgehead atoms. The van der Waals surface area contributed by atoms with Gasteiger partial charge in [0.2, 0.25) is 0 Å². The van der Waals surface area contributed by atoms with Crippen LogP contribution in [0, 0.1) is 0 Å². The number of hydrogen-bond donors (Lipinski definition) is 2. The zero-order chi connectivity index (χ0) is 11.3. The van der Waals surface area contributed by atoms with Gasteiger partial charge < -0.3 is 10.6 Å². The highest BCUT2D eigenvalue weighted by Gasteiger charge is 2.35. The molecular weight excluding hydrogens is 220 g/mol. The lowest BCUT2D eigenvalue weighted by Crippen LogP contribution is -2.46. The fourth-order valence-electron chi connectivity index (χ4n) is 2.27. The Kier molecular flexibility index (Phi) is 1.88. The lowest BCUT2D eigenvalue weighted by Gasteiger charge is -2.25. The van der Waals surface area contributed by atoms with Gasteiger partial charge in [0, 0.05) is 16.7 Å². The van der Waals surface area contributed by atoms with Crippen LogP contribution in [0.1, 0.15) is 22.8 Å². The zero-order valence-corrected chi connectivity index (χ0v) is 9.52. The molecule has 0 saturated heterocycles. The van der Waals surface area contributed by atoms with Crippen molar-refractivity contribution in [3.05, 3.63) is 41.0 Å². The van der Waals surface area contributed by atoms with E-state index in [0.29, 0.717) is 5.11 Å². The van der Waals surface area contributed by atoms with Gasteiger partial charge in [0.15, 0.2) is 10.9 Å². The zero-order valence-electron chi connectivity index (χ0n) is 8.70. The number of thiocarbonyl (C=S) groups is 1. The second-order valence-electron chi connectivity index (χ2n) is 3.98. The van der Waals surface area contributed by atoms with Crippen LogP contribution in [-0.2, 0) is 0 Å². The van der Waals surface area contributed by atoms with Crippen molar-refractivity contribution in [2.24, 2.45) is 0 Å². The number of nitrogens with one attached hydrogen (secondary N) is 2. The predicted molar refractivity (Wildman–Crippen MR) is 66.0 cm³/mol. The third-order valence-corrected chi connectivity index (χ3v) is 3.19. The Balaban J connectivity index is 2.23. The van der Waals surface area contributed by atoms with Gasteiger partial charge >= 0.3 is 0 Å². The van der Waals surface area contributed by atoms with Crippen LogP contribution >= 0.6 is 12.2 Å². The molecule has 1 atom stereocenters. The first kappa shape index (κ1) is 9.54. The topological polar surface area (TPSA) is 41.1 Å². The fourth-order valence-corrected chi connectivity index (χ4v) is 2.55. The number of hydrogen-bond acceptors (Lipinski definition) is 2. The summed E-state index contributed by atoms with van der Waals surface area (Å²) >= 11 is 5.11. The molecule has 3 nitrogen and oxygen atoms in total. The van der Waals surface area contributed by atoms with E-state index in [1.54, 1.807) is 0 Å². The van der Waals surface area contributed by atoms with Crippen LogP contribution in [0.4, 0.5) is 0 Å². The number of Topliss-reactive ketones (excluding diaryl/α,β-unsaturated/α-hetero) is 1. The van der Waals surface area contributed by atoms with Gasteiger partial charge in [0.25, 0.3) is 0 Å². The molecule has 2 aliphatic rings. The predicted octanol–water partition coefficient (Wildman–Crippen LogP) is 1.46. The summed E-state index contributed by atoms with van der Waals surface area (Å²) in [5.41, 5.74) is 3.38. The maximum absolute atomic E-state index is 12.2. The Morgan fingerprint density at radius 1 is 1.25 bits per heavy atom. The van der Waals surface area contributed by atoms with E-state index in [0.717, 1.165) is 22.4 Å². The summed E-state index contributed by atoms with van der Waals surface area (Å²) in [6, 6.07) is 7.59. The fraction of sp³-hybridized carbons (Fsp3) is 0.167. The van der Waals surface area contributed by atoms with Crippen LogP contribution in [0.5, 0.6) is 0 Å². The molecule has 0 amide bonds. The standard InChI is InChI=1S/C12H10N2OS/c1-6-9-10(14-12(16)13-6)7-4-2-3-5-8(7)11(9)15/h2-6H,1H3,(H2,13,14,16)/t6-/m0/s1. The van der Waals surface area contributed by atoms with Gasteiger partial charge in [-0.05, 0) is 19.1 Å². The van der Waals surface area contributed by atoms with Crippen LogP contribution in [0.3, 0.4) is 0 Å². The molecule has 3 rings (SSSR count). The number of carbonyl (C=O) groups is 1. The Bertz CT molecular complexity index is 548. The number of fused-ring (bicyclic) bond motifs is 2. The second-order valence-corrected chi connectivity index (χ2v) is 4.39. The van der Waals surface area contributed by atoms with Crippen molar-refractivity contribution in [3.8, 4) is 0 Å². The molecule has 1 aromatic rings. The number of carbonyl (C=O) groups excluding carboxylic acids is 1. The van der Waals surface area contributed by atoms with Crippen LogP contribution in [0.15, 0.2) is 29.8 Å². The van der Waals surface area contributed by atoms with Crippen molar-refractivity contribution < 1.29 is 4.79 Å². The highest BCUT2D eigenvalue weighted by Crippen LogP contribution is 2.34. The van der Waals surface area contributed by atoms with Gasteiger partial charge in [-0.1, -0.05) is 24.3 Å². The van der Waals surface area contributed by atoms with E-state index in [1.165, 1.54) is 0 Å². The van der Waals surface area contributed by atoms with Gasteiger partial charge in [-0.25, -0.2) is 0 Å². The number of benzene rings is 1. The third kappa shape index (κ3) is 1.13. The molecular formula is C12H10N2OS. The molecule has 80 valence electrons. The quantitative estimate of drug-likeness (QED) is 0.662. The molecule has 16 heavy (non-hydrogen) atoms. The minimum Gasteiger partial charge on any atom is -0.356 e. The monoisotopic (exact) mass is 230 g/mol. The van der Waals surface area contributed by atoms with Crippen LogP contribution < -0.4 is 10.6 Å². The average molecular weight is 230 g/mol. The lowest BCUT2D eigenvalue weighted by atomic mass is 10.0. The number of rotatable bonds is 0. The number of ketones is 1. The highest BCUT2D eigenvalue weighted by molar-refractivity contribution is 7.80. The highest BCUT2D eigenvalue weighted by atomic mass is 32.1. The van der Waals surface area contributed by atoms with Crippen molar-refractivity contribution in [1.82, 2.24) is 10.6 Å². The van der Waals surface area contributed by atoms with Crippen molar-refractivity contribution in [3.63, 3.8) is 0 Å².